The van der Waals surface area contributed by atoms with Crippen LogP contribution in [0.25, 0.3) is 0 Å². The molecule has 0 bridgehead atoms. The lowest BCUT2D eigenvalue weighted by Gasteiger charge is -2.18. The third-order valence-corrected chi connectivity index (χ3v) is 3.89. The minimum atomic E-state index is 0.513. The standard InChI is InChI=1S/C13H17NS/c1-3-6-10(2)14-12-9-15-13-8-5-4-7-11(12)13/h3-5,7-8,10,12,14H,1,6,9H2,2H3. The Morgan fingerprint density at radius 2 is 2.40 bits per heavy atom. The fourth-order valence-electron chi connectivity index (χ4n) is 1.96. The molecule has 2 atom stereocenters. The first-order valence-electron chi connectivity index (χ1n) is 5.40. The molecule has 1 aromatic carbocycles. The molecule has 0 amide bonds. The van der Waals surface area contributed by atoms with Gasteiger partial charge in [0.05, 0.1) is 0 Å². The lowest BCUT2D eigenvalue weighted by atomic mass is 10.1. The Hall–Kier alpha value is -0.730. The number of benzene rings is 1. The van der Waals surface area contributed by atoms with Crippen molar-refractivity contribution in [1.29, 1.82) is 0 Å². The third kappa shape index (κ3) is 2.44. The first-order valence-corrected chi connectivity index (χ1v) is 6.38. The van der Waals surface area contributed by atoms with Crippen molar-refractivity contribution in [3.05, 3.63) is 42.5 Å². The third-order valence-electron chi connectivity index (χ3n) is 2.71. The molecule has 0 spiro atoms. The summed E-state index contributed by atoms with van der Waals surface area (Å²) in [6.45, 7) is 5.99. The fraction of sp³-hybridized carbons (Fsp3) is 0.385. The molecule has 1 aliphatic rings. The number of nitrogens with one attached hydrogen (secondary N) is 1. The number of hydrogen-bond donors (Lipinski definition) is 1. The highest BCUT2D eigenvalue weighted by molar-refractivity contribution is 7.99. The predicted octanol–water partition coefficient (Wildman–Crippen LogP) is 3.39. The SMILES string of the molecule is C=CCC(C)NC1CSc2ccccc21. The highest BCUT2D eigenvalue weighted by atomic mass is 32.2. The maximum absolute atomic E-state index is 3.77. The van der Waals surface area contributed by atoms with E-state index >= 15 is 0 Å². The van der Waals surface area contributed by atoms with Gasteiger partial charge in [-0.2, -0.15) is 0 Å². The van der Waals surface area contributed by atoms with Crippen LogP contribution in [0.4, 0.5) is 0 Å². The minimum absolute atomic E-state index is 0.513. The smallest absolute Gasteiger partial charge is 0.0428 e. The van der Waals surface area contributed by atoms with E-state index in [9.17, 15) is 0 Å². The summed E-state index contributed by atoms with van der Waals surface area (Å²) >= 11 is 1.95. The van der Waals surface area contributed by atoms with Gasteiger partial charge in [-0.25, -0.2) is 0 Å². The lowest BCUT2D eigenvalue weighted by Crippen LogP contribution is -2.30. The first kappa shape index (κ1) is 10.8. The summed E-state index contributed by atoms with van der Waals surface area (Å²) in [5.74, 6) is 1.15. The summed E-state index contributed by atoms with van der Waals surface area (Å²) < 4.78 is 0. The highest BCUT2D eigenvalue weighted by Gasteiger charge is 2.23. The van der Waals surface area contributed by atoms with Gasteiger partial charge < -0.3 is 5.32 Å². The number of hydrogen-bond acceptors (Lipinski definition) is 2. The Morgan fingerprint density at radius 3 is 3.20 bits per heavy atom. The van der Waals surface area contributed by atoms with Crippen molar-refractivity contribution in [3.8, 4) is 0 Å². The molecule has 2 rings (SSSR count). The van der Waals surface area contributed by atoms with Gasteiger partial charge in [-0.3, -0.25) is 0 Å². The molecular weight excluding hydrogens is 202 g/mol. The van der Waals surface area contributed by atoms with Crippen molar-refractivity contribution in [1.82, 2.24) is 5.32 Å². The van der Waals surface area contributed by atoms with Crippen molar-refractivity contribution >= 4 is 11.8 Å². The van der Waals surface area contributed by atoms with E-state index in [4.69, 9.17) is 0 Å². The molecule has 2 unspecified atom stereocenters. The molecule has 0 radical (unpaired) electrons. The Labute approximate surface area is 96.0 Å². The average Bonchev–Trinajstić information content (AvgIpc) is 2.62. The zero-order chi connectivity index (χ0) is 10.7. The molecule has 0 aliphatic carbocycles. The second-order valence-corrected chi connectivity index (χ2v) is 5.06. The monoisotopic (exact) mass is 219 g/mol. The van der Waals surface area contributed by atoms with Crippen LogP contribution in [0, 0.1) is 0 Å². The van der Waals surface area contributed by atoms with E-state index in [2.05, 4.69) is 43.1 Å². The normalized spacial score (nSPS) is 21.0. The second kappa shape index (κ2) is 4.86. The van der Waals surface area contributed by atoms with Crippen molar-refractivity contribution < 1.29 is 0 Å². The van der Waals surface area contributed by atoms with Gasteiger partial charge in [-0.05, 0) is 25.0 Å². The van der Waals surface area contributed by atoms with Crippen LogP contribution in [0.2, 0.25) is 0 Å². The summed E-state index contributed by atoms with van der Waals surface area (Å²) in [4.78, 5) is 1.43. The average molecular weight is 219 g/mol. The summed E-state index contributed by atoms with van der Waals surface area (Å²) in [5.41, 5.74) is 1.46. The van der Waals surface area contributed by atoms with Crippen LogP contribution in [0.1, 0.15) is 24.9 Å². The maximum Gasteiger partial charge on any atom is 0.0428 e. The second-order valence-electron chi connectivity index (χ2n) is 3.99. The molecule has 2 heteroatoms. The van der Waals surface area contributed by atoms with E-state index in [-0.39, 0.29) is 0 Å². The van der Waals surface area contributed by atoms with Crippen LogP contribution in [-0.4, -0.2) is 11.8 Å². The predicted molar refractivity (Wildman–Crippen MR) is 67.3 cm³/mol. The molecule has 0 saturated heterocycles. The topological polar surface area (TPSA) is 12.0 Å². The van der Waals surface area contributed by atoms with Crippen LogP contribution in [0.5, 0.6) is 0 Å². The van der Waals surface area contributed by atoms with Crippen LogP contribution >= 0.6 is 11.8 Å². The summed E-state index contributed by atoms with van der Waals surface area (Å²) in [5, 5.41) is 3.64. The van der Waals surface area contributed by atoms with Gasteiger partial charge in [-0.1, -0.05) is 24.3 Å². The molecule has 80 valence electrons. The van der Waals surface area contributed by atoms with E-state index in [0.29, 0.717) is 12.1 Å². The molecule has 1 nitrogen and oxygen atoms in total. The molecule has 1 N–H and O–H groups in total. The van der Waals surface area contributed by atoms with Gasteiger partial charge in [-0.15, -0.1) is 18.3 Å². The Morgan fingerprint density at radius 1 is 1.60 bits per heavy atom. The van der Waals surface area contributed by atoms with Crippen molar-refractivity contribution in [2.75, 3.05) is 5.75 Å². The lowest BCUT2D eigenvalue weighted by molar-refractivity contribution is 0.488. The quantitative estimate of drug-likeness (QED) is 0.779. The number of fused-ring (bicyclic) bond motifs is 1. The van der Waals surface area contributed by atoms with E-state index < -0.39 is 0 Å². The van der Waals surface area contributed by atoms with Gasteiger partial charge in [0, 0.05) is 22.7 Å². The Bertz CT molecular complexity index is 348. The number of thioether (sulfide) groups is 1. The summed E-state index contributed by atoms with van der Waals surface area (Å²) in [7, 11) is 0. The largest absolute Gasteiger partial charge is 0.306 e. The fourth-order valence-corrected chi connectivity index (χ4v) is 3.14. The molecular formula is C13H17NS. The molecule has 0 aromatic heterocycles. The Kier molecular flexibility index (Phi) is 3.49. The molecule has 1 aliphatic heterocycles. The molecule has 0 fully saturated rings. The van der Waals surface area contributed by atoms with Gasteiger partial charge in [0.15, 0.2) is 0 Å². The van der Waals surface area contributed by atoms with E-state index in [1.807, 2.05) is 17.8 Å². The number of rotatable bonds is 4. The van der Waals surface area contributed by atoms with Crippen LogP contribution < -0.4 is 5.32 Å². The van der Waals surface area contributed by atoms with E-state index in [0.717, 1.165) is 12.2 Å². The molecule has 15 heavy (non-hydrogen) atoms. The summed E-state index contributed by atoms with van der Waals surface area (Å²) in [6, 6.07) is 9.70. The first-order chi connectivity index (χ1) is 7.31. The summed E-state index contributed by atoms with van der Waals surface area (Å²) in [6.07, 6.45) is 3.01. The Balaban J connectivity index is 2.04. The van der Waals surface area contributed by atoms with Crippen molar-refractivity contribution in [3.63, 3.8) is 0 Å². The van der Waals surface area contributed by atoms with E-state index in [1.165, 1.54) is 10.5 Å². The zero-order valence-corrected chi connectivity index (χ0v) is 9.89. The molecule has 0 saturated carbocycles. The maximum atomic E-state index is 3.77. The van der Waals surface area contributed by atoms with Crippen LogP contribution in [0.15, 0.2) is 41.8 Å². The van der Waals surface area contributed by atoms with Gasteiger partial charge in [0.2, 0.25) is 0 Å². The molecule has 1 aromatic rings. The zero-order valence-electron chi connectivity index (χ0n) is 9.07. The van der Waals surface area contributed by atoms with Crippen LogP contribution in [-0.2, 0) is 0 Å². The van der Waals surface area contributed by atoms with Gasteiger partial charge in [0.1, 0.15) is 0 Å². The van der Waals surface area contributed by atoms with E-state index in [1.54, 1.807) is 0 Å². The molecule has 1 heterocycles. The highest BCUT2D eigenvalue weighted by Crippen LogP contribution is 2.37. The van der Waals surface area contributed by atoms with Gasteiger partial charge in [0.25, 0.3) is 0 Å². The van der Waals surface area contributed by atoms with Crippen LogP contribution in [0.3, 0.4) is 0 Å². The minimum Gasteiger partial charge on any atom is -0.306 e. The van der Waals surface area contributed by atoms with Crippen molar-refractivity contribution in [2.24, 2.45) is 0 Å². The van der Waals surface area contributed by atoms with Crippen molar-refractivity contribution in [2.45, 2.75) is 30.3 Å². The van der Waals surface area contributed by atoms with Gasteiger partial charge >= 0.3 is 0 Å².